The Morgan fingerprint density at radius 2 is 2.15 bits per heavy atom. The normalized spacial score (nSPS) is 17.4. The van der Waals surface area contributed by atoms with E-state index in [9.17, 15) is 0 Å². The second-order valence-corrected chi connectivity index (χ2v) is 7.14. The third kappa shape index (κ3) is 3.56. The number of aryl methyl sites for hydroxylation is 2. The number of rotatable bonds is 5. The van der Waals surface area contributed by atoms with E-state index in [1.54, 1.807) is 6.20 Å². The van der Waals surface area contributed by atoms with Gasteiger partial charge in [0.1, 0.15) is 24.0 Å². The highest BCUT2D eigenvalue weighted by molar-refractivity contribution is 5.47. The molecule has 0 N–H and O–H groups in total. The lowest BCUT2D eigenvalue weighted by molar-refractivity contribution is 0.474. The summed E-state index contributed by atoms with van der Waals surface area (Å²) < 4.78 is 4.00. The first-order valence-electron chi connectivity index (χ1n) is 9.58. The summed E-state index contributed by atoms with van der Waals surface area (Å²) in [5.74, 6) is 4.23. The van der Waals surface area contributed by atoms with Gasteiger partial charge in [-0.3, -0.25) is 4.68 Å². The first-order valence-corrected chi connectivity index (χ1v) is 9.58. The molecule has 0 aliphatic carbocycles. The Morgan fingerprint density at radius 1 is 1.26 bits per heavy atom. The third-order valence-corrected chi connectivity index (χ3v) is 5.29. The highest BCUT2D eigenvalue weighted by Gasteiger charge is 2.27. The highest BCUT2D eigenvalue weighted by Crippen LogP contribution is 2.30. The van der Waals surface area contributed by atoms with Crippen LogP contribution in [0.1, 0.15) is 48.7 Å². The lowest BCUT2D eigenvalue weighted by Gasteiger charge is -2.34. The second-order valence-electron chi connectivity index (χ2n) is 7.14. The highest BCUT2D eigenvalue weighted by atomic mass is 15.3. The minimum absolute atomic E-state index is 0.350. The van der Waals surface area contributed by atoms with Crippen LogP contribution in [0.25, 0.3) is 0 Å². The average molecular weight is 366 g/mol. The van der Waals surface area contributed by atoms with Crippen molar-refractivity contribution >= 4 is 5.82 Å². The van der Waals surface area contributed by atoms with Gasteiger partial charge in [-0.1, -0.05) is 6.92 Å². The lowest BCUT2D eigenvalue weighted by atomic mass is 9.96. The van der Waals surface area contributed by atoms with E-state index in [2.05, 4.69) is 43.7 Å². The van der Waals surface area contributed by atoms with Crippen LogP contribution in [0.5, 0.6) is 0 Å². The van der Waals surface area contributed by atoms with Gasteiger partial charge in [0.15, 0.2) is 5.82 Å². The van der Waals surface area contributed by atoms with Crippen LogP contribution in [0, 0.1) is 6.92 Å². The number of piperidine rings is 1. The standard InChI is InChI=1S/C19H26N8/c1-4-15-11-20-14(2)22-18(15)26-9-5-7-16(12-26)19-24-23-17(25(19)3)13-27-10-6-8-21-27/h6,8,10-11,16H,4-5,7,9,12-13H2,1-3H3/t16-/m0/s1. The molecule has 1 saturated heterocycles. The quantitative estimate of drug-likeness (QED) is 0.688. The summed E-state index contributed by atoms with van der Waals surface area (Å²) in [6, 6.07) is 1.92. The van der Waals surface area contributed by atoms with Crippen LogP contribution < -0.4 is 4.90 Å². The van der Waals surface area contributed by atoms with Gasteiger partial charge in [0.2, 0.25) is 0 Å². The molecule has 1 atom stereocenters. The number of nitrogens with zero attached hydrogens (tertiary/aromatic N) is 8. The second kappa shape index (κ2) is 7.46. The monoisotopic (exact) mass is 366 g/mol. The van der Waals surface area contributed by atoms with E-state index in [0.717, 1.165) is 55.6 Å². The molecule has 0 aromatic carbocycles. The first kappa shape index (κ1) is 17.6. The fourth-order valence-electron chi connectivity index (χ4n) is 3.79. The zero-order valence-corrected chi connectivity index (χ0v) is 16.2. The van der Waals surface area contributed by atoms with Crippen LogP contribution in [0.3, 0.4) is 0 Å². The molecular weight excluding hydrogens is 340 g/mol. The largest absolute Gasteiger partial charge is 0.356 e. The summed E-state index contributed by atoms with van der Waals surface area (Å²) >= 11 is 0. The van der Waals surface area contributed by atoms with Gasteiger partial charge in [-0.25, -0.2) is 9.97 Å². The molecule has 1 fully saturated rings. The molecule has 3 aromatic heterocycles. The molecule has 4 heterocycles. The van der Waals surface area contributed by atoms with E-state index in [0.29, 0.717) is 12.5 Å². The molecule has 8 heteroatoms. The zero-order chi connectivity index (χ0) is 18.8. The summed E-state index contributed by atoms with van der Waals surface area (Å²) in [6.07, 6.45) is 8.88. The molecule has 0 unspecified atom stereocenters. The number of hydrogen-bond acceptors (Lipinski definition) is 6. The topological polar surface area (TPSA) is 77.6 Å². The smallest absolute Gasteiger partial charge is 0.154 e. The Balaban J connectivity index is 1.55. The third-order valence-electron chi connectivity index (χ3n) is 5.29. The predicted molar refractivity (Wildman–Crippen MR) is 103 cm³/mol. The Morgan fingerprint density at radius 3 is 2.93 bits per heavy atom. The molecule has 0 saturated carbocycles. The van der Waals surface area contributed by atoms with Gasteiger partial charge < -0.3 is 9.47 Å². The van der Waals surface area contributed by atoms with E-state index >= 15 is 0 Å². The van der Waals surface area contributed by atoms with Gasteiger partial charge in [0.05, 0.1) is 0 Å². The minimum Gasteiger partial charge on any atom is -0.356 e. The molecule has 0 bridgehead atoms. The lowest BCUT2D eigenvalue weighted by Crippen LogP contribution is -2.36. The minimum atomic E-state index is 0.350. The molecular formula is C19H26N8. The molecule has 0 amide bonds. The molecule has 142 valence electrons. The Bertz CT molecular complexity index is 899. The van der Waals surface area contributed by atoms with Crippen LogP contribution in [0.15, 0.2) is 24.7 Å². The van der Waals surface area contributed by atoms with Crippen molar-refractivity contribution in [3.8, 4) is 0 Å². The van der Waals surface area contributed by atoms with E-state index < -0.39 is 0 Å². The summed E-state index contributed by atoms with van der Waals surface area (Å²) in [7, 11) is 2.05. The molecule has 1 aliphatic heterocycles. The van der Waals surface area contributed by atoms with Crippen molar-refractivity contribution in [1.29, 1.82) is 0 Å². The Hall–Kier alpha value is -2.77. The fourth-order valence-corrected chi connectivity index (χ4v) is 3.79. The number of hydrogen-bond donors (Lipinski definition) is 0. The first-order chi connectivity index (χ1) is 13.2. The van der Waals surface area contributed by atoms with Crippen molar-refractivity contribution in [3.05, 3.63) is 47.7 Å². The van der Waals surface area contributed by atoms with Gasteiger partial charge in [-0.2, -0.15) is 5.10 Å². The maximum absolute atomic E-state index is 4.73. The summed E-state index contributed by atoms with van der Waals surface area (Å²) in [5.41, 5.74) is 1.21. The SMILES string of the molecule is CCc1cnc(C)nc1N1CCC[C@H](c2nnc(Cn3cccn3)n2C)C1. The molecule has 3 aromatic rings. The molecule has 4 rings (SSSR count). The van der Waals surface area contributed by atoms with Gasteiger partial charge in [0.25, 0.3) is 0 Å². The van der Waals surface area contributed by atoms with Crippen LogP contribution >= 0.6 is 0 Å². The Kier molecular flexibility index (Phi) is 4.87. The van der Waals surface area contributed by atoms with Crippen molar-refractivity contribution in [3.63, 3.8) is 0 Å². The summed E-state index contributed by atoms with van der Waals surface area (Å²) in [4.78, 5) is 11.5. The van der Waals surface area contributed by atoms with Crippen molar-refractivity contribution in [2.45, 2.75) is 45.6 Å². The fraction of sp³-hybridized carbons (Fsp3) is 0.526. The van der Waals surface area contributed by atoms with Crippen molar-refractivity contribution in [1.82, 2.24) is 34.5 Å². The summed E-state index contributed by atoms with van der Waals surface area (Å²) in [6.45, 7) is 6.69. The summed E-state index contributed by atoms with van der Waals surface area (Å²) in [5, 5.41) is 13.2. The number of anilines is 1. The van der Waals surface area contributed by atoms with Crippen LogP contribution in [0.2, 0.25) is 0 Å². The molecule has 8 nitrogen and oxygen atoms in total. The van der Waals surface area contributed by atoms with Gasteiger partial charge >= 0.3 is 0 Å². The maximum Gasteiger partial charge on any atom is 0.154 e. The maximum atomic E-state index is 4.73. The van der Waals surface area contributed by atoms with E-state index in [4.69, 9.17) is 4.98 Å². The van der Waals surface area contributed by atoms with Crippen LogP contribution in [-0.4, -0.2) is 47.6 Å². The average Bonchev–Trinajstić information content (AvgIpc) is 3.33. The van der Waals surface area contributed by atoms with E-state index in [1.807, 2.05) is 30.1 Å². The van der Waals surface area contributed by atoms with Crippen molar-refractivity contribution in [2.24, 2.45) is 7.05 Å². The van der Waals surface area contributed by atoms with E-state index in [-0.39, 0.29) is 0 Å². The molecule has 27 heavy (non-hydrogen) atoms. The number of aromatic nitrogens is 7. The van der Waals surface area contributed by atoms with Gasteiger partial charge in [-0.05, 0) is 32.3 Å². The van der Waals surface area contributed by atoms with Crippen LogP contribution in [0.4, 0.5) is 5.82 Å². The van der Waals surface area contributed by atoms with E-state index in [1.165, 1.54) is 5.56 Å². The van der Waals surface area contributed by atoms with Crippen molar-refractivity contribution < 1.29 is 0 Å². The predicted octanol–water partition coefficient (Wildman–Crippen LogP) is 2.10. The zero-order valence-electron chi connectivity index (χ0n) is 16.2. The molecule has 1 aliphatic rings. The molecule has 0 radical (unpaired) electrons. The van der Waals surface area contributed by atoms with Gasteiger partial charge in [0, 0.05) is 50.2 Å². The van der Waals surface area contributed by atoms with Gasteiger partial charge in [-0.15, -0.1) is 10.2 Å². The van der Waals surface area contributed by atoms with Crippen molar-refractivity contribution in [2.75, 3.05) is 18.0 Å². The molecule has 0 spiro atoms. The van der Waals surface area contributed by atoms with Crippen LogP contribution in [-0.2, 0) is 20.0 Å². The Labute approximate surface area is 159 Å².